The number of ether oxygens (including phenoxy) is 1. The zero-order chi connectivity index (χ0) is 13.4. The van der Waals surface area contributed by atoms with Gasteiger partial charge in [0.05, 0.1) is 6.61 Å². The predicted molar refractivity (Wildman–Crippen MR) is 48.8 cm³/mol. The van der Waals surface area contributed by atoms with E-state index in [2.05, 4.69) is 9.88 Å². The Hall–Kier alpha value is -1.35. The van der Waals surface area contributed by atoms with Crippen LogP contribution in [0.1, 0.15) is 6.92 Å². The standard InChI is InChI=1S/C8H7F4NO3S/c1-2-16-7-5(11)3(9)4(10)6(12)8(7)17(13,14)15/h2H2,1H3,(H2,13,14,15). The maximum Gasteiger partial charge on any atom is 0.244 e. The maximum absolute atomic E-state index is 13.2. The first-order valence-corrected chi connectivity index (χ1v) is 5.78. The lowest BCUT2D eigenvalue weighted by molar-refractivity contribution is 0.288. The zero-order valence-corrected chi connectivity index (χ0v) is 9.25. The Morgan fingerprint density at radius 2 is 1.53 bits per heavy atom. The molecule has 0 aliphatic carbocycles. The molecule has 9 heteroatoms. The Balaban J connectivity index is 3.79. The second-order valence-corrected chi connectivity index (χ2v) is 4.39. The summed E-state index contributed by atoms with van der Waals surface area (Å²) in [6.07, 6.45) is 0. The van der Waals surface area contributed by atoms with Gasteiger partial charge in [0.2, 0.25) is 21.7 Å². The van der Waals surface area contributed by atoms with Gasteiger partial charge >= 0.3 is 0 Å². The van der Waals surface area contributed by atoms with Gasteiger partial charge in [0.1, 0.15) is 0 Å². The first-order chi connectivity index (χ1) is 7.71. The van der Waals surface area contributed by atoms with Crippen LogP contribution < -0.4 is 9.88 Å². The van der Waals surface area contributed by atoms with Gasteiger partial charge in [-0.25, -0.2) is 26.7 Å². The largest absolute Gasteiger partial charge is 0.489 e. The van der Waals surface area contributed by atoms with Gasteiger partial charge in [-0.3, -0.25) is 0 Å². The SMILES string of the molecule is CCOc1c(F)c(F)c(F)c(F)c1S(N)(=O)=O. The summed E-state index contributed by atoms with van der Waals surface area (Å²) in [5, 5.41) is 4.57. The van der Waals surface area contributed by atoms with Gasteiger partial charge in [0.25, 0.3) is 0 Å². The monoisotopic (exact) mass is 273 g/mol. The number of halogens is 4. The molecule has 1 aromatic carbocycles. The molecule has 2 N–H and O–H groups in total. The van der Waals surface area contributed by atoms with E-state index < -0.39 is 43.9 Å². The van der Waals surface area contributed by atoms with Gasteiger partial charge in [-0.1, -0.05) is 0 Å². The number of hydrogen-bond acceptors (Lipinski definition) is 3. The van der Waals surface area contributed by atoms with Crippen LogP contribution in [0.25, 0.3) is 0 Å². The van der Waals surface area contributed by atoms with E-state index in [9.17, 15) is 26.0 Å². The molecule has 0 saturated heterocycles. The lowest BCUT2D eigenvalue weighted by atomic mass is 10.3. The summed E-state index contributed by atoms with van der Waals surface area (Å²) >= 11 is 0. The van der Waals surface area contributed by atoms with Crippen molar-refractivity contribution in [2.24, 2.45) is 5.14 Å². The Labute approximate surface area is 94.0 Å². The molecule has 0 bridgehead atoms. The van der Waals surface area contributed by atoms with Crippen LogP contribution in [0.15, 0.2) is 4.90 Å². The van der Waals surface area contributed by atoms with Gasteiger partial charge < -0.3 is 4.74 Å². The molecular formula is C8H7F4NO3S. The predicted octanol–water partition coefficient (Wildman–Crippen LogP) is 1.29. The first kappa shape index (κ1) is 13.7. The van der Waals surface area contributed by atoms with E-state index in [0.29, 0.717) is 0 Å². The van der Waals surface area contributed by atoms with E-state index in [1.807, 2.05) is 0 Å². The van der Waals surface area contributed by atoms with Gasteiger partial charge in [0.15, 0.2) is 22.3 Å². The van der Waals surface area contributed by atoms with Crippen LogP contribution in [-0.4, -0.2) is 15.0 Å². The summed E-state index contributed by atoms with van der Waals surface area (Å²) in [4.78, 5) is -1.55. The summed E-state index contributed by atoms with van der Waals surface area (Å²) in [6, 6.07) is 0. The van der Waals surface area contributed by atoms with Crippen LogP contribution in [0.5, 0.6) is 5.75 Å². The van der Waals surface area contributed by atoms with Crippen molar-refractivity contribution in [3.05, 3.63) is 23.3 Å². The number of hydrogen-bond donors (Lipinski definition) is 1. The molecule has 0 aliphatic heterocycles. The van der Waals surface area contributed by atoms with Crippen molar-refractivity contribution in [1.29, 1.82) is 0 Å². The Morgan fingerprint density at radius 3 is 1.94 bits per heavy atom. The van der Waals surface area contributed by atoms with Crippen LogP contribution in [0.2, 0.25) is 0 Å². The fourth-order valence-corrected chi connectivity index (χ4v) is 1.87. The maximum atomic E-state index is 13.2. The van der Waals surface area contributed by atoms with Gasteiger partial charge in [-0.2, -0.15) is 4.39 Å². The minimum absolute atomic E-state index is 0.288. The van der Waals surface area contributed by atoms with Gasteiger partial charge in [-0.15, -0.1) is 0 Å². The fourth-order valence-electron chi connectivity index (χ4n) is 1.12. The summed E-state index contributed by atoms with van der Waals surface area (Å²) in [5.41, 5.74) is 0. The minimum atomic E-state index is -4.79. The van der Waals surface area contributed by atoms with Crippen LogP contribution in [0.4, 0.5) is 17.6 Å². The van der Waals surface area contributed by atoms with Crippen LogP contribution >= 0.6 is 0 Å². The molecule has 17 heavy (non-hydrogen) atoms. The summed E-state index contributed by atoms with van der Waals surface area (Å²) < 4.78 is 78.4. The molecule has 0 spiro atoms. The molecule has 0 amide bonds. The third-order valence-corrected chi connectivity index (χ3v) is 2.69. The van der Waals surface area contributed by atoms with Gasteiger partial charge in [0, 0.05) is 0 Å². The number of primary sulfonamides is 1. The van der Waals surface area contributed by atoms with Crippen molar-refractivity contribution < 1.29 is 30.7 Å². The molecule has 0 fully saturated rings. The molecule has 0 aliphatic rings. The van der Waals surface area contributed by atoms with E-state index >= 15 is 0 Å². The van der Waals surface area contributed by atoms with Crippen LogP contribution in [0.3, 0.4) is 0 Å². The van der Waals surface area contributed by atoms with Crippen molar-refractivity contribution in [2.45, 2.75) is 11.8 Å². The normalized spacial score (nSPS) is 11.6. The third kappa shape index (κ3) is 2.34. The van der Waals surface area contributed by atoms with Crippen molar-refractivity contribution in [3.63, 3.8) is 0 Å². The number of benzene rings is 1. The van der Waals surface area contributed by atoms with Crippen LogP contribution in [0, 0.1) is 23.3 Å². The molecule has 0 aromatic heterocycles. The molecule has 0 atom stereocenters. The molecule has 1 rings (SSSR count). The highest BCUT2D eigenvalue weighted by atomic mass is 32.2. The van der Waals surface area contributed by atoms with E-state index in [-0.39, 0.29) is 6.61 Å². The van der Waals surface area contributed by atoms with E-state index in [1.165, 1.54) is 6.92 Å². The zero-order valence-electron chi connectivity index (χ0n) is 8.43. The lowest BCUT2D eigenvalue weighted by Gasteiger charge is -2.11. The average molecular weight is 273 g/mol. The summed E-state index contributed by atoms with van der Waals surface area (Å²) in [5.74, 6) is -9.77. The molecule has 96 valence electrons. The van der Waals surface area contributed by atoms with E-state index in [1.54, 1.807) is 0 Å². The van der Waals surface area contributed by atoms with Crippen molar-refractivity contribution in [3.8, 4) is 5.75 Å². The molecule has 1 aromatic rings. The molecule has 0 saturated carbocycles. The quantitative estimate of drug-likeness (QED) is 0.512. The van der Waals surface area contributed by atoms with E-state index in [4.69, 9.17) is 0 Å². The second kappa shape index (κ2) is 4.49. The minimum Gasteiger partial charge on any atom is -0.489 e. The number of rotatable bonds is 3. The fraction of sp³-hybridized carbons (Fsp3) is 0.250. The number of sulfonamides is 1. The first-order valence-electron chi connectivity index (χ1n) is 4.23. The van der Waals surface area contributed by atoms with Gasteiger partial charge in [-0.05, 0) is 6.92 Å². The molecule has 0 unspecified atom stereocenters. The van der Waals surface area contributed by atoms with Crippen molar-refractivity contribution in [1.82, 2.24) is 0 Å². The molecule has 0 heterocycles. The molecular weight excluding hydrogens is 266 g/mol. The Morgan fingerprint density at radius 1 is 1.06 bits per heavy atom. The van der Waals surface area contributed by atoms with Crippen molar-refractivity contribution >= 4 is 10.0 Å². The molecule has 4 nitrogen and oxygen atoms in total. The van der Waals surface area contributed by atoms with E-state index in [0.717, 1.165) is 0 Å². The highest BCUT2D eigenvalue weighted by molar-refractivity contribution is 7.89. The molecule has 0 radical (unpaired) electrons. The summed E-state index contributed by atoms with van der Waals surface area (Å²) in [7, 11) is -4.79. The Bertz CT molecular complexity index is 559. The Kier molecular flexibility index (Phi) is 3.62. The van der Waals surface area contributed by atoms with Crippen molar-refractivity contribution in [2.75, 3.05) is 6.61 Å². The smallest absolute Gasteiger partial charge is 0.244 e. The highest BCUT2D eigenvalue weighted by Crippen LogP contribution is 2.33. The topological polar surface area (TPSA) is 69.4 Å². The average Bonchev–Trinajstić information content (AvgIpc) is 2.21. The number of nitrogens with two attached hydrogens (primary N) is 1. The second-order valence-electron chi connectivity index (χ2n) is 2.89. The third-order valence-electron chi connectivity index (χ3n) is 1.76. The summed E-state index contributed by atoms with van der Waals surface area (Å²) in [6.45, 7) is 1.02. The highest BCUT2D eigenvalue weighted by Gasteiger charge is 2.32. The lowest BCUT2D eigenvalue weighted by Crippen LogP contribution is -2.19. The van der Waals surface area contributed by atoms with Crippen LogP contribution in [-0.2, 0) is 10.0 Å².